The van der Waals surface area contributed by atoms with Crippen LogP contribution in [0, 0.1) is 6.92 Å². The molecule has 0 aromatic heterocycles. The van der Waals surface area contributed by atoms with Gasteiger partial charge in [-0.25, -0.2) is 4.79 Å². The Morgan fingerprint density at radius 1 is 1.22 bits per heavy atom. The Morgan fingerprint density at radius 3 is 2.67 bits per heavy atom. The highest BCUT2D eigenvalue weighted by molar-refractivity contribution is 6.31. The van der Waals surface area contributed by atoms with Crippen molar-refractivity contribution in [2.75, 3.05) is 13.2 Å². The Labute approximate surface area is 163 Å². The van der Waals surface area contributed by atoms with E-state index in [1.54, 1.807) is 12.1 Å². The lowest BCUT2D eigenvalue weighted by Crippen LogP contribution is -2.44. The molecule has 0 saturated heterocycles. The summed E-state index contributed by atoms with van der Waals surface area (Å²) in [6.07, 6.45) is 4.58. The van der Waals surface area contributed by atoms with Gasteiger partial charge in [-0.2, -0.15) is 0 Å². The molecular weight excluding hydrogens is 372 g/mol. The lowest BCUT2D eigenvalue weighted by Gasteiger charge is -2.12. The van der Waals surface area contributed by atoms with E-state index in [1.165, 1.54) is 0 Å². The molecule has 27 heavy (non-hydrogen) atoms. The highest BCUT2D eigenvalue weighted by Gasteiger charge is 2.18. The molecule has 2 N–H and O–H groups in total. The van der Waals surface area contributed by atoms with E-state index in [1.807, 2.05) is 13.0 Å². The van der Waals surface area contributed by atoms with E-state index in [2.05, 4.69) is 10.6 Å². The average Bonchev–Trinajstić information content (AvgIpc) is 3.12. The van der Waals surface area contributed by atoms with Gasteiger partial charge in [0.15, 0.2) is 6.61 Å². The van der Waals surface area contributed by atoms with Gasteiger partial charge in [0.2, 0.25) is 0 Å². The third-order valence-corrected chi connectivity index (χ3v) is 4.66. The molecule has 1 aliphatic rings. The topological polar surface area (TPSA) is 93.7 Å². The molecule has 0 atom stereocenters. The minimum atomic E-state index is -0.647. The predicted molar refractivity (Wildman–Crippen MR) is 101 cm³/mol. The molecule has 0 heterocycles. The summed E-state index contributed by atoms with van der Waals surface area (Å²) in [6.45, 7) is 1.74. The number of urea groups is 1. The van der Waals surface area contributed by atoms with Gasteiger partial charge in [0.1, 0.15) is 5.75 Å². The van der Waals surface area contributed by atoms with E-state index in [0.717, 1.165) is 31.2 Å². The Bertz CT molecular complexity index is 674. The Morgan fingerprint density at radius 2 is 1.96 bits per heavy atom. The molecule has 2 rings (SSSR count). The van der Waals surface area contributed by atoms with Crippen LogP contribution < -0.4 is 15.4 Å². The molecular formula is C19H25ClN2O5. The number of aryl methyl sites for hydroxylation is 1. The van der Waals surface area contributed by atoms with Gasteiger partial charge in [0, 0.05) is 17.5 Å². The first-order valence-electron chi connectivity index (χ1n) is 9.09. The van der Waals surface area contributed by atoms with E-state index in [-0.39, 0.29) is 12.5 Å². The first-order valence-corrected chi connectivity index (χ1v) is 9.47. The maximum absolute atomic E-state index is 11.6. The SMILES string of the molecule is Cc1cc(OCCCC(=O)OCC(=O)NC(=O)NC2CCCC2)ccc1Cl. The number of imide groups is 1. The van der Waals surface area contributed by atoms with Crippen molar-refractivity contribution in [2.24, 2.45) is 0 Å². The third-order valence-electron chi connectivity index (χ3n) is 4.23. The number of halogens is 1. The van der Waals surface area contributed by atoms with Crippen LogP contribution in [0.2, 0.25) is 5.02 Å². The molecule has 1 aromatic carbocycles. The molecule has 8 heteroatoms. The zero-order valence-corrected chi connectivity index (χ0v) is 16.1. The quantitative estimate of drug-likeness (QED) is 0.520. The number of carbonyl (C=O) groups excluding carboxylic acids is 3. The van der Waals surface area contributed by atoms with Gasteiger partial charge in [-0.15, -0.1) is 0 Å². The smallest absolute Gasteiger partial charge is 0.321 e. The molecule has 0 spiro atoms. The second-order valence-electron chi connectivity index (χ2n) is 6.53. The van der Waals surface area contributed by atoms with Gasteiger partial charge in [-0.05, 0) is 49.9 Å². The van der Waals surface area contributed by atoms with Gasteiger partial charge >= 0.3 is 12.0 Å². The molecule has 0 aliphatic heterocycles. The Kier molecular flexibility index (Phi) is 8.39. The van der Waals surface area contributed by atoms with Crippen molar-refractivity contribution in [3.63, 3.8) is 0 Å². The molecule has 1 fully saturated rings. The van der Waals surface area contributed by atoms with Crippen molar-refractivity contribution in [3.05, 3.63) is 28.8 Å². The van der Waals surface area contributed by atoms with Crippen molar-refractivity contribution in [2.45, 2.75) is 51.5 Å². The van der Waals surface area contributed by atoms with Crippen LogP contribution in [0.1, 0.15) is 44.1 Å². The summed E-state index contributed by atoms with van der Waals surface area (Å²) in [6, 6.07) is 4.90. The van der Waals surface area contributed by atoms with Crippen molar-refractivity contribution >= 4 is 29.5 Å². The van der Waals surface area contributed by atoms with Crippen molar-refractivity contribution in [1.82, 2.24) is 10.6 Å². The van der Waals surface area contributed by atoms with Crippen LogP contribution in [0.3, 0.4) is 0 Å². The highest BCUT2D eigenvalue weighted by Crippen LogP contribution is 2.21. The molecule has 0 unspecified atom stereocenters. The largest absolute Gasteiger partial charge is 0.494 e. The van der Waals surface area contributed by atoms with Crippen LogP contribution in [0.4, 0.5) is 4.79 Å². The van der Waals surface area contributed by atoms with Gasteiger partial charge < -0.3 is 14.8 Å². The monoisotopic (exact) mass is 396 g/mol. The molecule has 1 saturated carbocycles. The molecule has 148 valence electrons. The summed E-state index contributed by atoms with van der Waals surface area (Å²) in [7, 11) is 0. The minimum Gasteiger partial charge on any atom is -0.494 e. The standard InChI is InChI=1S/C19H25ClN2O5/c1-13-11-15(8-9-16(13)20)26-10-4-7-18(24)27-12-17(23)22-19(25)21-14-5-2-3-6-14/h8-9,11,14H,2-7,10,12H2,1H3,(H2,21,22,23,25). The van der Waals surface area contributed by atoms with E-state index in [4.69, 9.17) is 21.1 Å². The van der Waals surface area contributed by atoms with Crippen LogP contribution in [0.5, 0.6) is 5.75 Å². The number of amides is 3. The van der Waals surface area contributed by atoms with Gasteiger partial charge in [-0.3, -0.25) is 14.9 Å². The number of rotatable bonds is 8. The maximum atomic E-state index is 11.6. The van der Waals surface area contributed by atoms with Gasteiger partial charge in [-0.1, -0.05) is 24.4 Å². The number of nitrogens with one attached hydrogen (secondary N) is 2. The second kappa shape index (κ2) is 10.8. The van der Waals surface area contributed by atoms with Crippen LogP contribution in [-0.2, 0) is 14.3 Å². The fourth-order valence-electron chi connectivity index (χ4n) is 2.79. The number of hydrogen-bond acceptors (Lipinski definition) is 5. The first kappa shape index (κ1) is 21.0. The van der Waals surface area contributed by atoms with Crippen molar-refractivity contribution in [1.29, 1.82) is 0 Å². The predicted octanol–water partition coefficient (Wildman–Crippen LogP) is 3.12. The number of esters is 1. The molecule has 3 amide bonds. The summed E-state index contributed by atoms with van der Waals surface area (Å²) >= 11 is 5.94. The normalized spacial score (nSPS) is 13.9. The van der Waals surface area contributed by atoms with Crippen molar-refractivity contribution < 1.29 is 23.9 Å². The van der Waals surface area contributed by atoms with E-state index >= 15 is 0 Å². The summed E-state index contributed by atoms with van der Waals surface area (Å²) in [5, 5.41) is 5.55. The third kappa shape index (κ3) is 7.86. The number of carbonyl (C=O) groups is 3. The maximum Gasteiger partial charge on any atom is 0.321 e. The van der Waals surface area contributed by atoms with E-state index < -0.39 is 24.5 Å². The molecule has 1 aliphatic carbocycles. The zero-order valence-electron chi connectivity index (χ0n) is 15.4. The molecule has 7 nitrogen and oxygen atoms in total. The van der Waals surface area contributed by atoms with Gasteiger partial charge in [0.05, 0.1) is 6.61 Å². The molecule has 1 aromatic rings. The second-order valence-corrected chi connectivity index (χ2v) is 6.93. The Balaban J connectivity index is 1.55. The lowest BCUT2D eigenvalue weighted by atomic mass is 10.2. The number of hydrogen-bond donors (Lipinski definition) is 2. The van der Waals surface area contributed by atoms with E-state index in [9.17, 15) is 14.4 Å². The summed E-state index contributed by atoms with van der Waals surface area (Å²) in [5.74, 6) is -0.484. The summed E-state index contributed by atoms with van der Waals surface area (Å²) in [5.41, 5.74) is 0.913. The fraction of sp³-hybridized carbons (Fsp3) is 0.526. The minimum absolute atomic E-state index is 0.116. The number of ether oxygens (including phenoxy) is 2. The molecule has 0 bridgehead atoms. The van der Waals surface area contributed by atoms with Crippen LogP contribution >= 0.6 is 11.6 Å². The molecule has 0 radical (unpaired) electrons. The summed E-state index contributed by atoms with van der Waals surface area (Å²) in [4.78, 5) is 34.9. The highest BCUT2D eigenvalue weighted by atomic mass is 35.5. The zero-order chi connectivity index (χ0) is 19.6. The van der Waals surface area contributed by atoms with Gasteiger partial charge in [0.25, 0.3) is 5.91 Å². The first-order chi connectivity index (χ1) is 12.9. The van der Waals surface area contributed by atoms with Crippen molar-refractivity contribution in [3.8, 4) is 5.75 Å². The van der Waals surface area contributed by atoms with E-state index in [0.29, 0.717) is 23.8 Å². The fourth-order valence-corrected chi connectivity index (χ4v) is 2.90. The number of benzene rings is 1. The van der Waals surface area contributed by atoms with Crippen LogP contribution in [0.25, 0.3) is 0 Å². The lowest BCUT2D eigenvalue weighted by molar-refractivity contribution is -0.148. The Hall–Kier alpha value is -2.28. The summed E-state index contributed by atoms with van der Waals surface area (Å²) < 4.78 is 10.4. The van der Waals surface area contributed by atoms with Crippen LogP contribution in [-0.4, -0.2) is 37.2 Å². The van der Waals surface area contributed by atoms with Crippen LogP contribution in [0.15, 0.2) is 18.2 Å². The average molecular weight is 397 g/mol.